The lowest BCUT2D eigenvalue weighted by Crippen LogP contribution is -2.39. The lowest BCUT2D eigenvalue weighted by atomic mass is 10.2. The first kappa shape index (κ1) is 16.8. The van der Waals surface area contributed by atoms with Crippen LogP contribution in [0.25, 0.3) is 0 Å². The van der Waals surface area contributed by atoms with Crippen molar-refractivity contribution in [1.29, 1.82) is 0 Å². The summed E-state index contributed by atoms with van der Waals surface area (Å²) in [4.78, 5) is 14.3. The number of rotatable bonds is 3. The molecule has 0 aromatic heterocycles. The minimum absolute atomic E-state index is 0.0675. The smallest absolute Gasteiger partial charge is 0.319 e. The van der Waals surface area contributed by atoms with E-state index < -0.39 is 0 Å². The van der Waals surface area contributed by atoms with Gasteiger partial charge in [-0.15, -0.1) is 0 Å². The Hall–Kier alpha value is -2.08. The van der Waals surface area contributed by atoms with Gasteiger partial charge in [0.15, 0.2) is 0 Å². The van der Waals surface area contributed by atoms with E-state index in [9.17, 15) is 9.18 Å². The summed E-state index contributed by atoms with van der Waals surface area (Å²) >= 11 is 3.41. The average Bonchev–Trinajstić information content (AvgIpc) is 3.00. The third-order valence-electron chi connectivity index (χ3n) is 4.15. The molecule has 126 valence electrons. The number of hydrogen-bond donors (Lipinski definition) is 2. The number of nitrogens with one attached hydrogen (secondary N) is 2. The molecule has 0 aliphatic carbocycles. The number of anilines is 2. The van der Waals surface area contributed by atoms with E-state index in [1.165, 1.54) is 6.07 Å². The molecule has 1 saturated heterocycles. The van der Waals surface area contributed by atoms with Crippen molar-refractivity contribution in [2.45, 2.75) is 19.4 Å². The Morgan fingerprint density at radius 1 is 1.29 bits per heavy atom. The predicted molar refractivity (Wildman–Crippen MR) is 98.1 cm³/mol. The third kappa shape index (κ3) is 3.87. The number of benzene rings is 2. The average molecular weight is 392 g/mol. The number of hydrogen-bond acceptors (Lipinski definition) is 2. The maximum absolute atomic E-state index is 13.4. The largest absolute Gasteiger partial charge is 0.369 e. The van der Waals surface area contributed by atoms with Gasteiger partial charge in [-0.1, -0.05) is 12.1 Å². The summed E-state index contributed by atoms with van der Waals surface area (Å²) in [5, 5.41) is 5.84. The highest BCUT2D eigenvalue weighted by Crippen LogP contribution is 2.23. The van der Waals surface area contributed by atoms with Crippen LogP contribution in [-0.4, -0.2) is 25.2 Å². The molecule has 0 saturated carbocycles. The first-order valence-corrected chi connectivity index (χ1v) is 8.65. The van der Waals surface area contributed by atoms with Gasteiger partial charge in [0.1, 0.15) is 5.82 Å². The lowest BCUT2D eigenvalue weighted by molar-refractivity contribution is 0.249. The van der Waals surface area contributed by atoms with E-state index in [1.54, 1.807) is 13.0 Å². The number of halogens is 2. The SMILES string of the molecule is Cc1cc(N2CCC(NC(=O)Nc3ccccc3Br)C2)ccc1F. The number of carbonyl (C=O) groups excluding carboxylic acids is 1. The van der Waals surface area contributed by atoms with Gasteiger partial charge < -0.3 is 15.5 Å². The summed E-state index contributed by atoms with van der Waals surface area (Å²) < 4.78 is 14.2. The van der Waals surface area contributed by atoms with E-state index in [-0.39, 0.29) is 17.9 Å². The number of carbonyl (C=O) groups is 1. The molecule has 4 nitrogen and oxygen atoms in total. The zero-order valence-electron chi connectivity index (χ0n) is 13.4. The van der Waals surface area contributed by atoms with E-state index in [1.807, 2.05) is 30.3 Å². The second-order valence-electron chi connectivity index (χ2n) is 5.94. The van der Waals surface area contributed by atoms with Crippen molar-refractivity contribution in [3.05, 3.63) is 58.3 Å². The highest BCUT2D eigenvalue weighted by atomic mass is 79.9. The Labute approximate surface area is 149 Å². The third-order valence-corrected chi connectivity index (χ3v) is 4.84. The van der Waals surface area contributed by atoms with E-state index in [0.29, 0.717) is 12.1 Å². The molecule has 1 atom stereocenters. The van der Waals surface area contributed by atoms with Gasteiger partial charge in [0.2, 0.25) is 0 Å². The van der Waals surface area contributed by atoms with Crippen LogP contribution in [-0.2, 0) is 0 Å². The van der Waals surface area contributed by atoms with Crippen molar-refractivity contribution in [3.8, 4) is 0 Å². The number of aryl methyl sites for hydroxylation is 1. The maximum Gasteiger partial charge on any atom is 0.319 e. The Kier molecular flexibility index (Phi) is 5.04. The fourth-order valence-electron chi connectivity index (χ4n) is 2.84. The van der Waals surface area contributed by atoms with Crippen molar-refractivity contribution in [1.82, 2.24) is 5.32 Å². The molecule has 6 heteroatoms. The van der Waals surface area contributed by atoms with Crippen molar-refractivity contribution in [2.24, 2.45) is 0 Å². The molecular weight excluding hydrogens is 373 g/mol. The van der Waals surface area contributed by atoms with Crippen LogP contribution in [0.2, 0.25) is 0 Å². The molecule has 0 spiro atoms. The summed E-state index contributed by atoms with van der Waals surface area (Å²) in [5.74, 6) is -0.194. The predicted octanol–water partition coefficient (Wildman–Crippen LogP) is 4.30. The second kappa shape index (κ2) is 7.21. The van der Waals surface area contributed by atoms with Crippen LogP contribution in [0.1, 0.15) is 12.0 Å². The van der Waals surface area contributed by atoms with Crippen LogP contribution >= 0.6 is 15.9 Å². The Balaban J connectivity index is 1.57. The normalized spacial score (nSPS) is 17.0. The minimum Gasteiger partial charge on any atom is -0.369 e. The molecule has 2 amide bonds. The quantitative estimate of drug-likeness (QED) is 0.818. The molecule has 3 rings (SSSR count). The van der Waals surface area contributed by atoms with Gasteiger partial charge in [-0.25, -0.2) is 9.18 Å². The van der Waals surface area contributed by atoms with Crippen molar-refractivity contribution in [2.75, 3.05) is 23.3 Å². The topological polar surface area (TPSA) is 44.4 Å². The Bertz CT molecular complexity index is 753. The molecule has 0 bridgehead atoms. The van der Waals surface area contributed by atoms with Crippen LogP contribution in [0.4, 0.5) is 20.6 Å². The number of para-hydroxylation sites is 1. The van der Waals surface area contributed by atoms with E-state index in [0.717, 1.165) is 28.8 Å². The first-order valence-electron chi connectivity index (χ1n) is 7.86. The van der Waals surface area contributed by atoms with Crippen LogP contribution < -0.4 is 15.5 Å². The monoisotopic (exact) mass is 391 g/mol. The summed E-state index contributed by atoms with van der Waals surface area (Å²) in [6.45, 7) is 3.31. The Morgan fingerprint density at radius 3 is 2.83 bits per heavy atom. The second-order valence-corrected chi connectivity index (χ2v) is 6.80. The fourth-order valence-corrected chi connectivity index (χ4v) is 3.23. The molecule has 1 unspecified atom stereocenters. The van der Waals surface area contributed by atoms with Gasteiger partial charge >= 0.3 is 6.03 Å². The molecule has 1 aliphatic rings. The molecule has 1 fully saturated rings. The van der Waals surface area contributed by atoms with Crippen molar-refractivity contribution < 1.29 is 9.18 Å². The van der Waals surface area contributed by atoms with Gasteiger partial charge in [-0.05, 0) is 65.2 Å². The Morgan fingerprint density at radius 2 is 2.08 bits per heavy atom. The molecule has 2 aromatic rings. The first-order chi connectivity index (χ1) is 11.5. The summed E-state index contributed by atoms with van der Waals surface area (Å²) in [5.41, 5.74) is 2.36. The summed E-state index contributed by atoms with van der Waals surface area (Å²) in [6, 6.07) is 12.5. The molecule has 1 aliphatic heterocycles. The van der Waals surface area contributed by atoms with Crippen LogP contribution in [0.5, 0.6) is 0 Å². The van der Waals surface area contributed by atoms with Crippen molar-refractivity contribution >= 4 is 33.3 Å². The van der Waals surface area contributed by atoms with Crippen LogP contribution in [0.3, 0.4) is 0 Å². The highest BCUT2D eigenvalue weighted by molar-refractivity contribution is 9.10. The molecular formula is C18H19BrFN3O. The maximum atomic E-state index is 13.4. The van der Waals surface area contributed by atoms with E-state index >= 15 is 0 Å². The van der Waals surface area contributed by atoms with Gasteiger partial charge in [0.25, 0.3) is 0 Å². The molecule has 24 heavy (non-hydrogen) atoms. The molecule has 0 radical (unpaired) electrons. The van der Waals surface area contributed by atoms with Gasteiger partial charge in [0.05, 0.1) is 5.69 Å². The fraction of sp³-hybridized carbons (Fsp3) is 0.278. The number of urea groups is 1. The summed E-state index contributed by atoms with van der Waals surface area (Å²) in [7, 11) is 0. The van der Waals surface area contributed by atoms with E-state index in [4.69, 9.17) is 0 Å². The number of nitrogens with zero attached hydrogens (tertiary/aromatic N) is 1. The van der Waals surface area contributed by atoms with Gasteiger partial charge in [0, 0.05) is 29.3 Å². The zero-order valence-corrected chi connectivity index (χ0v) is 14.9. The zero-order chi connectivity index (χ0) is 17.1. The van der Waals surface area contributed by atoms with Crippen molar-refractivity contribution in [3.63, 3.8) is 0 Å². The lowest BCUT2D eigenvalue weighted by Gasteiger charge is -2.20. The summed E-state index contributed by atoms with van der Waals surface area (Å²) in [6.07, 6.45) is 0.861. The highest BCUT2D eigenvalue weighted by Gasteiger charge is 2.24. The minimum atomic E-state index is -0.218. The van der Waals surface area contributed by atoms with Crippen LogP contribution in [0, 0.1) is 12.7 Å². The number of amides is 2. The molecule has 1 heterocycles. The van der Waals surface area contributed by atoms with E-state index in [2.05, 4.69) is 31.5 Å². The van der Waals surface area contributed by atoms with Gasteiger partial charge in [-0.2, -0.15) is 0 Å². The van der Waals surface area contributed by atoms with Crippen LogP contribution in [0.15, 0.2) is 46.9 Å². The van der Waals surface area contributed by atoms with Gasteiger partial charge in [-0.3, -0.25) is 0 Å². The molecule has 2 N–H and O–H groups in total. The molecule has 2 aromatic carbocycles. The standard InChI is InChI=1S/C18H19BrFN3O/c1-12-10-14(6-7-16(12)20)23-9-8-13(11-23)21-18(24)22-17-5-3-2-4-15(17)19/h2-7,10,13H,8-9,11H2,1H3,(H2,21,22,24).